The Hall–Kier alpha value is -0.160. The molecular weight excluding hydrogens is 154 g/mol. The summed E-state index contributed by atoms with van der Waals surface area (Å²) in [5.74, 6) is 0. The van der Waals surface area contributed by atoms with Gasteiger partial charge in [-0.05, 0) is 14.1 Å². The van der Waals surface area contributed by atoms with Crippen molar-refractivity contribution in [3.05, 3.63) is 0 Å². The second-order valence-corrected chi connectivity index (χ2v) is 3.34. The van der Waals surface area contributed by atoms with Crippen LogP contribution in [-0.2, 0) is 4.74 Å². The first-order valence-corrected chi connectivity index (χ1v) is 4.44. The number of nitrogens with two attached hydrogens (primary N) is 1. The standard InChI is InChI=1S/C8H19N3O/c1-10(2)8-7-12-6-5-11(8)4-3-9/h8H,3-7,9H2,1-2H3. The number of ether oxygens (including phenoxy) is 1. The molecule has 4 heteroatoms. The summed E-state index contributed by atoms with van der Waals surface area (Å²) in [7, 11) is 4.14. The number of morpholine rings is 1. The lowest BCUT2D eigenvalue weighted by molar-refractivity contribution is -0.0587. The van der Waals surface area contributed by atoms with E-state index >= 15 is 0 Å². The predicted molar refractivity (Wildman–Crippen MR) is 48.9 cm³/mol. The minimum Gasteiger partial charge on any atom is -0.377 e. The number of likely N-dealkylation sites (N-methyl/N-ethyl adjacent to an activating group) is 1. The molecule has 4 nitrogen and oxygen atoms in total. The zero-order valence-corrected chi connectivity index (χ0v) is 7.99. The highest BCUT2D eigenvalue weighted by molar-refractivity contribution is 4.72. The molecule has 1 aliphatic rings. The quantitative estimate of drug-likeness (QED) is 0.604. The maximum atomic E-state index is 5.52. The first-order valence-electron chi connectivity index (χ1n) is 4.44. The maximum absolute atomic E-state index is 5.52. The second kappa shape index (κ2) is 4.77. The van der Waals surface area contributed by atoms with Crippen molar-refractivity contribution < 1.29 is 4.74 Å². The van der Waals surface area contributed by atoms with Gasteiger partial charge in [-0.2, -0.15) is 0 Å². The average Bonchev–Trinajstić information content (AvgIpc) is 2.05. The van der Waals surface area contributed by atoms with Crippen LogP contribution in [-0.4, -0.2) is 62.9 Å². The Morgan fingerprint density at radius 1 is 1.58 bits per heavy atom. The van der Waals surface area contributed by atoms with Crippen LogP contribution in [0.1, 0.15) is 0 Å². The zero-order chi connectivity index (χ0) is 8.97. The summed E-state index contributed by atoms with van der Waals surface area (Å²) >= 11 is 0. The van der Waals surface area contributed by atoms with Crippen LogP contribution in [0.25, 0.3) is 0 Å². The van der Waals surface area contributed by atoms with E-state index in [1.165, 1.54) is 0 Å². The highest BCUT2D eigenvalue weighted by Gasteiger charge is 2.23. The Labute approximate surface area is 74.3 Å². The van der Waals surface area contributed by atoms with Crippen molar-refractivity contribution in [3.63, 3.8) is 0 Å². The Balaban J connectivity index is 2.42. The molecule has 0 spiro atoms. The molecule has 1 saturated heterocycles. The number of rotatable bonds is 3. The lowest BCUT2D eigenvalue weighted by atomic mass is 10.3. The Bertz CT molecular complexity index is 127. The van der Waals surface area contributed by atoms with E-state index in [1.54, 1.807) is 0 Å². The van der Waals surface area contributed by atoms with Crippen molar-refractivity contribution in [3.8, 4) is 0 Å². The SMILES string of the molecule is CN(C)C1COCCN1CCN. The van der Waals surface area contributed by atoms with Crippen LogP contribution in [0.15, 0.2) is 0 Å². The van der Waals surface area contributed by atoms with Crippen molar-refractivity contribution in [1.82, 2.24) is 9.80 Å². The molecule has 12 heavy (non-hydrogen) atoms. The van der Waals surface area contributed by atoms with E-state index in [0.29, 0.717) is 6.17 Å². The molecule has 72 valence electrons. The lowest BCUT2D eigenvalue weighted by Crippen LogP contribution is -2.53. The van der Waals surface area contributed by atoms with Crippen molar-refractivity contribution in [1.29, 1.82) is 0 Å². The summed E-state index contributed by atoms with van der Waals surface area (Å²) in [6.07, 6.45) is 0.405. The van der Waals surface area contributed by atoms with Crippen LogP contribution in [0.2, 0.25) is 0 Å². The molecule has 0 bridgehead atoms. The van der Waals surface area contributed by atoms with Crippen molar-refractivity contribution >= 4 is 0 Å². The van der Waals surface area contributed by atoms with Gasteiger partial charge >= 0.3 is 0 Å². The molecule has 0 aromatic carbocycles. The fourth-order valence-corrected chi connectivity index (χ4v) is 1.53. The van der Waals surface area contributed by atoms with Crippen LogP contribution in [0.5, 0.6) is 0 Å². The average molecular weight is 173 g/mol. The smallest absolute Gasteiger partial charge is 0.0860 e. The third kappa shape index (κ3) is 2.42. The van der Waals surface area contributed by atoms with E-state index in [4.69, 9.17) is 10.5 Å². The Kier molecular flexibility index (Phi) is 3.94. The fourth-order valence-electron chi connectivity index (χ4n) is 1.53. The van der Waals surface area contributed by atoms with Crippen LogP contribution < -0.4 is 5.73 Å². The van der Waals surface area contributed by atoms with Gasteiger partial charge in [0.2, 0.25) is 0 Å². The molecule has 1 aliphatic heterocycles. The third-order valence-electron chi connectivity index (χ3n) is 2.22. The van der Waals surface area contributed by atoms with Gasteiger partial charge in [-0.25, -0.2) is 0 Å². The van der Waals surface area contributed by atoms with E-state index in [9.17, 15) is 0 Å². The summed E-state index contributed by atoms with van der Waals surface area (Å²) in [4.78, 5) is 4.54. The molecule has 0 saturated carbocycles. The van der Waals surface area contributed by atoms with Crippen LogP contribution in [0, 0.1) is 0 Å². The van der Waals surface area contributed by atoms with E-state index in [-0.39, 0.29) is 0 Å². The minimum atomic E-state index is 0.405. The molecule has 1 unspecified atom stereocenters. The molecule has 0 radical (unpaired) electrons. The predicted octanol–water partition coefficient (Wildman–Crippen LogP) is -0.835. The van der Waals surface area contributed by atoms with E-state index < -0.39 is 0 Å². The molecule has 1 atom stereocenters. The topological polar surface area (TPSA) is 41.7 Å². The van der Waals surface area contributed by atoms with Gasteiger partial charge in [0.1, 0.15) is 0 Å². The largest absolute Gasteiger partial charge is 0.377 e. The zero-order valence-electron chi connectivity index (χ0n) is 7.99. The monoisotopic (exact) mass is 173 g/mol. The third-order valence-corrected chi connectivity index (χ3v) is 2.22. The van der Waals surface area contributed by atoms with E-state index in [0.717, 1.165) is 32.8 Å². The van der Waals surface area contributed by atoms with Gasteiger partial charge < -0.3 is 10.5 Å². The van der Waals surface area contributed by atoms with E-state index in [1.807, 2.05) is 0 Å². The molecular formula is C8H19N3O. The summed E-state index contributed by atoms with van der Waals surface area (Å²) in [5, 5.41) is 0. The fraction of sp³-hybridized carbons (Fsp3) is 1.00. The van der Waals surface area contributed by atoms with Gasteiger partial charge in [0.05, 0.1) is 19.4 Å². The first kappa shape index (κ1) is 9.92. The van der Waals surface area contributed by atoms with Crippen molar-refractivity contribution in [2.24, 2.45) is 5.73 Å². The molecule has 1 heterocycles. The van der Waals surface area contributed by atoms with Crippen LogP contribution >= 0.6 is 0 Å². The van der Waals surface area contributed by atoms with Crippen molar-refractivity contribution in [2.45, 2.75) is 6.17 Å². The number of hydrogen-bond donors (Lipinski definition) is 1. The Morgan fingerprint density at radius 2 is 2.33 bits per heavy atom. The molecule has 0 amide bonds. The Morgan fingerprint density at radius 3 is 2.92 bits per heavy atom. The van der Waals surface area contributed by atoms with Gasteiger partial charge in [-0.1, -0.05) is 0 Å². The summed E-state index contributed by atoms with van der Waals surface area (Å²) < 4.78 is 5.40. The van der Waals surface area contributed by atoms with Gasteiger partial charge in [0, 0.05) is 19.6 Å². The summed E-state index contributed by atoms with van der Waals surface area (Å²) in [6.45, 7) is 4.33. The van der Waals surface area contributed by atoms with Crippen LogP contribution in [0.3, 0.4) is 0 Å². The molecule has 2 N–H and O–H groups in total. The van der Waals surface area contributed by atoms with Crippen LogP contribution in [0.4, 0.5) is 0 Å². The van der Waals surface area contributed by atoms with Gasteiger partial charge in [-0.15, -0.1) is 0 Å². The highest BCUT2D eigenvalue weighted by atomic mass is 16.5. The molecule has 0 aromatic rings. The molecule has 1 rings (SSSR count). The minimum absolute atomic E-state index is 0.405. The number of nitrogens with zero attached hydrogens (tertiary/aromatic N) is 2. The highest BCUT2D eigenvalue weighted by Crippen LogP contribution is 2.07. The van der Waals surface area contributed by atoms with Gasteiger partial charge in [-0.3, -0.25) is 9.80 Å². The molecule has 1 fully saturated rings. The van der Waals surface area contributed by atoms with Gasteiger partial charge in [0.15, 0.2) is 0 Å². The first-order chi connectivity index (χ1) is 5.75. The van der Waals surface area contributed by atoms with E-state index in [2.05, 4.69) is 23.9 Å². The normalized spacial score (nSPS) is 26.5. The summed E-state index contributed by atoms with van der Waals surface area (Å²) in [5.41, 5.74) is 5.52. The summed E-state index contributed by atoms with van der Waals surface area (Å²) in [6, 6.07) is 0. The maximum Gasteiger partial charge on any atom is 0.0860 e. The number of hydrogen-bond acceptors (Lipinski definition) is 4. The second-order valence-electron chi connectivity index (χ2n) is 3.34. The van der Waals surface area contributed by atoms with Gasteiger partial charge in [0.25, 0.3) is 0 Å². The van der Waals surface area contributed by atoms with Crippen molar-refractivity contribution in [2.75, 3.05) is 46.9 Å². The lowest BCUT2D eigenvalue weighted by Gasteiger charge is -2.38. The molecule has 0 aromatic heterocycles. The molecule has 0 aliphatic carbocycles.